The Morgan fingerprint density at radius 2 is 1.81 bits per heavy atom. The number of nitrogens with one attached hydrogen (secondary N) is 2. The third-order valence-electron chi connectivity index (χ3n) is 4.71. The van der Waals surface area contributed by atoms with Gasteiger partial charge in [-0.2, -0.15) is 0 Å². The van der Waals surface area contributed by atoms with E-state index in [1.807, 2.05) is 32.0 Å². The summed E-state index contributed by atoms with van der Waals surface area (Å²) in [6, 6.07) is 11.5. The van der Waals surface area contributed by atoms with Crippen LogP contribution in [0.25, 0.3) is 0 Å². The van der Waals surface area contributed by atoms with Gasteiger partial charge in [0.2, 0.25) is 11.8 Å². The number of para-hydroxylation sites is 1. The summed E-state index contributed by atoms with van der Waals surface area (Å²) in [4.78, 5) is 24.7. The lowest BCUT2D eigenvalue weighted by molar-refractivity contribution is -0.116. The van der Waals surface area contributed by atoms with Crippen molar-refractivity contribution in [3.05, 3.63) is 65.2 Å². The number of amides is 2. The fourth-order valence-corrected chi connectivity index (χ4v) is 3.74. The number of hydrogen-bond donors (Lipinski definition) is 2. The third kappa shape index (κ3) is 5.91. The van der Waals surface area contributed by atoms with Crippen molar-refractivity contribution >= 4 is 35.0 Å². The molecule has 2 aromatic carbocycles. The first-order valence-corrected chi connectivity index (χ1v) is 10.8. The summed E-state index contributed by atoms with van der Waals surface area (Å²) < 4.78 is 14.7. The van der Waals surface area contributed by atoms with Gasteiger partial charge in [0.15, 0.2) is 5.16 Å². The standard InChI is InChI=1S/C22H24FN5O2S/c1-4-15-7-5-6-14(2)21(15)25-20(30)13-31-22-27-26-18(28(22)3)12-19(29)24-17-10-8-16(23)9-11-17/h5-11H,4,12-13H2,1-3H3,(H,24,29)(H,25,30). The Hall–Kier alpha value is -3.20. The van der Waals surface area contributed by atoms with Crippen molar-refractivity contribution in [3.8, 4) is 0 Å². The van der Waals surface area contributed by atoms with E-state index in [0.29, 0.717) is 16.7 Å². The molecule has 0 spiro atoms. The van der Waals surface area contributed by atoms with Gasteiger partial charge in [0.1, 0.15) is 11.6 Å². The highest BCUT2D eigenvalue weighted by Crippen LogP contribution is 2.22. The Balaban J connectivity index is 1.56. The van der Waals surface area contributed by atoms with Gasteiger partial charge in [0.05, 0.1) is 12.2 Å². The van der Waals surface area contributed by atoms with Crippen molar-refractivity contribution in [2.75, 3.05) is 16.4 Å². The zero-order valence-electron chi connectivity index (χ0n) is 17.6. The molecular formula is C22H24FN5O2S. The number of rotatable bonds is 8. The highest BCUT2D eigenvalue weighted by atomic mass is 32.2. The Kier molecular flexibility index (Phi) is 7.41. The maximum atomic E-state index is 13.0. The van der Waals surface area contributed by atoms with Gasteiger partial charge in [-0.15, -0.1) is 10.2 Å². The van der Waals surface area contributed by atoms with E-state index in [2.05, 4.69) is 20.8 Å². The third-order valence-corrected chi connectivity index (χ3v) is 5.73. The number of carbonyl (C=O) groups is 2. The minimum absolute atomic E-state index is 0.0106. The number of thioether (sulfide) groups is 1. The molecule has 0 bridgehead atoms. The van der Waals surface area contributed by atoms with E-state index in [-0.39, 0.29) is 29.8 Å². The minimum Gasteiger partial charge on any atom is -0.326 e. The molecule has 162 valence electrons. The van der Waals surface area contributed by atoms with Crippen molar-refractivity contribution in [2.45, 2.75) is 31.8 Å². The molecule has 0 fully saturated rings. The Morgan fingerprint density at radius 1 is 1.06 bits per heavy atom. The number of hydrogen-bond acceptors (Lipinski definition) is 5. The van der Waals surface area contributed by atoms with Gasteiger partial charge in [-0.25, -0.2) is 4.39 Å². The first-order chi connectivity index (χ1) is 14.9. The van der Waals surface area contributed by atoms with Crippen molar-refractivity contribution < 1.29 is 14.0 Å². The average molecular weight is 442 g/mol. The fourth-order valence-electron chi connectivity index (χ4n) is 3.01. The Bertz CT molecular complexity index is 1080. The molecule has 1 heterocycles. The molecule has 3 rings (SSSR count). The van der Waals surface area contributed by atoms with E-state index in [4.69, 9.17) is 0 Å². The highest BCUT2D eigenvalue weighted by Gasteiger charge is 2.15. The van der Waals surface area contributed by atoms with Gasteiger partial charge < -0.3 is 15.2 Å². The van der Waals surface area contributed by atoms with Crippen molar-refractivity contribution in [1.29, 1.82) is 0 Å². The first kappa shape index (κ1) is 22.5. The van der Waals surface area contributed by atoms with E-state index < -0.39 is 0 Å². The predicted octanol–water partition coefficient (Wildman–Crippen LogP) is 3.74. The van der Waals surface area contributed by atoms with Crippen LogP contribution >= 0.6 is 11.8 Å². The lowest BCUT2D eigenvalue weighted by Gasteiger charge is -2.12. The van der Waals surface area contributed by atoms with Crippen LogP contribution in [0.5, 0.6) is 0 Å². The van der Waals surface area contributed by atoms with Crippen LogP contribution in [0.2, 0.25) is 0 Å². The topological polar surface area (TPSA) is 88.9 Å². The van der Waals surface area contributed by atoms with Crippen LogP contribution < -0.4 is 10.6 Å². The highest BCUT2D eigenvalue weighted by molar-refractivity contribution is 7.99. The van der Waals surface area contributed by atoms with Gasteiger partial charge >= 0.3 is 0 Å². The van der Waals surface area contributed by atoms with Gasteiger partial charge in [0.25, 0.3) is 0 Å². The lowest BCUT2D eigenvalue weighted by Crippen LogP contribution is -2.17. The molecule has 3 aromatic rings. The maximum Gasteiger partial charge on any atom is 0.234 e. The molecule has 31 heavy (non-hydrogen) atoms. The van der Waals surface area contributed by atoms with Crippen LogP contribution in [0.15, 0.2) is 47.6 Å². The van der Waals surface area contributed by atoms with Crippen molar-refractivity contribution in [2.24, 2.45) is 7.05 Å². The zero-order chi connectivity index (χ0) is 22.4. The van der Waals surface area contributed by atoms with Crippen LogP contribution in [0.3, 0.4) is 0 Å². The van der Waals surface area contributed by atoms with Crippen LogP contribution in [-0.4, -0.2) is 32.3 Å². The second kappa shape index (κ2) is 10.2. The fraction of sp³-hybridized carbons (Fsp3) is 0.273. The normalized spacial score (nSPS) is 10.7. The zero-order valence-corrected chi connectivity index (χ0v) is 18.4. The molecule has 0 aliphatic carbocycles. The molecule has 2 amide bonds. The number of benzene rings is 2. The maximum absolute atomic E-state index is 13.0. The SMILES string of the molecule is CCc1cccc(C)c1NC(=O)CSc1nnc(CC(=O)Nc2ccc(F)cc2)n1C. The summed E-state index contributed by atoms with van der Waals surface area (Å²) in [6.45, 7) is 4.01. The molecule has 2 N–H and O–H groups in total. The van der Waals surface area contributed by atoms with E-state index in [1.54, 1.807) is 11.6 Å². The van der Waals surface area contributed by atoms with Crippen molar-refractivity contribution in [1.82, 2.24) is 14.8 Å². The van der Waals surface area contributed by atoms with Crippen LogP contribution in [0.4, 0.5) is 15.8 Å². The Morgan fingerprint density at radius 3 is 2.52 bits per heavy atom. The summed E-state index contributed by atoms with van der Waals surface area (Å²) in [5.41, 5.74) is 3.46. The van der Waals surface area contributed by atoms with E-state index >= 15 is 0 Å². The summed E-state index contributed by atoms with van der Waals surface area (Å²) >= 11 is 1.25. The summed E-state index contributed by atoms with van der Waals surface area (Å²) in [5, 5.41) is 14.4. The molecule has 9 heteroatoms. The molecule has 0 saturated carbocycles. The molecule has 0 unspecified atom stereocenters. The smallest absolute Gasteiger partial charge is 0.234 e. The number of halogens is 1. The van der Waals surface area contributed by atoms with Gasteiger partial charge in [0, 0.05) is 18.4 Å². The largest absolute Gasteiger partial charge is 0.326 e. The second-order valence-corrected chi connectivity index (χ2v) is 7.93. The van der Waals surface area contributed by atoms with E-state index in [0.717, 1.165) is 23.2 Å². The number of carbonyl (C=O) groups excluding carboxylic acids is 2. The molecule has 0 atom stereocenters. The van der Waals surface area contributed by atoms with Gasteiger partial charge in [-0.3, -0.25) is 9.59 Å². The number of aryl methyl sites for hydroxylation is 2. The van der Waals surface area contributed by atoms with Gasteiger partial charge in [-0.05, 0) is 48.7 Å². The van der Waals surface area contributed by atoms with E-state index in [9.17, 15) is 14.0 Å². The molecule has 0 saturated heterocycles. The first-order valence-electron chi connectivity index (χ1n) is 9.82. The molecule has 0 radical (unpaired) electrons. The number of nitrogens with zero attached hydrogens (tertiary/aromatic N) is 3. The second-order valence-electron chi connectivity index (χ2n) is 6.99. The summed E-state index contributed by atoms with van der Waals surface area (Å²) in [5.74, 6) is -0.152. The molecular weight excluding hydrogens is 417 g/mol. The van der Waals surface area contributed by atoms with Crippen molar-refractivity contribution in [3.63, 3.8) is 0 Å². The molecule has 7 nitrogen and oxygen atoms in total. The van der Waals surface area contributed by atoms with E-state index in [1.165, 1.54) is 36.0 Å². The summed E-state index contributed by atoms with van der Waals surface area (Å²) in [7, 11) is 1.75. The Labute approximate surface area is 184 Å². The number of aromatic nitrogens is 3. The minimum atomic E-state index is -0.370. The predicted molar refractivity (Wildman–Crippen MR) is 120 cm³/mol. The quantitative estimate of drug-likeness (QED) is 0.520. The summed E-state index contributed by atoms with van der Waals surface area (Å²) in [6.07, 6.45) is 0.841. The molecule has 0 aliphatic rings. The molecule has 1 aromatic heterocycles. The lowest BCUT2D eigenvalue weighted by atomic mass is 10.1. The van der Waals surface area contributed by atoms with Crippen LogP contribution in [0.1, 0.15) is 23.9 Å². The molecule has 0 aliphatic heterocycles. The van der Waals surface area contributed by atoms with Gasteiger partial charge in [-0.1, -0.05) is 36.9 Å². The number of anilines is 2. The van der Waals surface area contributed by atoms with Crippen LogP contribution in [0, 0.1) is 12.7 Å². The average Bonchev–Trinajstić information content (AvgIpc) is 3.09. The van der Waals surface area contributed by atoms with Crippen LogP contribution in [-0.2, 0) is 29.5 Å². The monoisotopic (exact) mass is 441 g/mol.